The highest BCUT2D eigenvalue weighted by molar-refractivity contribution is 6.26. The molecule has 0 spiro atoms. The van der Waals surface area contributed by atoms with Crippen molar-refractivity contribution in [3.63, 3.8) is 0 Å². The Labute approximate surface area is 261 Å². The summed E-state index contributed by atoms with van der Waals surface area (Å²) in [5.74, 6) is -1.25. The Kier molecular flexibility index (Phi) is 7.61. The molecule has 46 heavy (non-hydrogen) atoms. The van der Waals surface area contributed by atoms with Gasteiger partial charge in [0.25, 0.3) is 0 Å². The van der Waals surface area contributed by atoms with Crippen molar-refractivity contribution < 1.29 is 39.0 Å². The number of hydrogen-bond donors (Lipinski definition) is 2. The summed E-state index contributed by atoms with van der Waals surface area (Å²) in [4.78, 5) is 75.6. The van der Waals surface area contributed by atoms with E-state index in [4.69, 9.17) is 0 Å². The van der Waals surface area contributed by atoms with E-state index in [0.29, 0.717) is 47.4 Å². The van der Waals surface area contributed by atoms with Crippen molar-refractivity contribution in [2.24, 2.45) is 0 Å². The molecule has 6 aromatic carbocycles. The topological polar surface area (TPSA) is 143 Å². The molecule has 0 saturated carbocycles. The van der Waals surface area contributed by atoms with Gasteiger partial charge in [0.1, 0.15) is 11.5 Å². The zero-order chi connectivity index (χ0) is 32.5. The third-order valence-electron chi connectivity index (χ3n) is 8.22. The Morgan fingerprint density at radius 1 is 0.413 bits per heavy atom. The average molecular weight is 607 g/mol. The molecule has 0 aliphatic rings. The summed E-state index contributed by atoms with van der Waals surface area (Å²) in [5.41, 5.74) is 0.606. The fourth-order valence-electron chi connectivity index (χ4n) is 6.28. The summed E-state index contributed by atoms with van der Waals surface area (Å²) in [6.07, 6.45) is 2.21. The minimum Gasteiger partial charge on any atom is -0.507 e. The summed E-state index contributed by atoms with van der Waals surface area (Å²) in [5, 5.41) is 22.8. The molecule has 0 atom stereocenters. The van der Waals surface area contributed by atoms with Crippen molar-refractivity contribution in [3.05, 3.63) is 118 Å². The van der Waals surface area contributed by atoms with Crippen LogP contribution < -0.4 is 0 Å². The van der Waals surface area contributed by atoms with Gasteiger partial charge in [-0.3, -0.25) is 28.8 Å². The molecule has 2 N–H and O–H groups in total. The van der Waals surface area contributed by atoms with Gasteiger partial charge in [-0.2, -0.15) is 0 Å². The standard InChI is InChI=1S/C38H22O8/c39-15-23-12-7-13-24-33(23)37(45)29(18-42)27(16-40)34(24)35-26-14-25(21-8-3-1-4-9-21)32(22-10-5-2-6-11-22)31(20-44)36(26)38(46)30(19-43)28(35)17-41/h1-20,45-46H. The summed E-state index contributed by atoms with van der Waals surface area (Å²) in [7, 11) is 0. The fraction of sp³-hybridized carbons (Fsp3) is 0. The lowest BCUT2D eigenvalue weighted by Crippen LogP contribution is -2.06. The highest BCUT2D eigenvalue weighted by atomic mass is 16.3. The molecule has 8 nitrogen and oxygen atoms in total. The summed E-state index contributed by atoms with van der Waals surface area (Å²) in [6, 6.07) is 24.0. The first-order valence-electron chi connectivity index (χ1n) is 14.0. The molecule has 0 aliphatic carbocycles. The lowest BCUT2D eigenvalue weighted by atomic mass is 9.79. The van der Waals surface area contributed by atoms with Gasteiger partial charge in [-0.15, -0.1) is 0 Å². The molecule has 0 heterocycles. The lowest BCUT2D eigenvalue weighted by molar-refractivity contribution is 0.109. The smallest absolute Gasteiger partial charge is 0.154 e. The predicted octanol–water partition coefficient (Wildman–Crippen LogP) is 7.28. The van der Waals surface area contributed by atoms with Gasteiger partial charge < -0.3 is 10.2 Å². The van der Waals surface area contributed by atoms with E-state index in [-0.39, 0.29) is 67.5 Å². The second-order valence-electron chi connectivity index (χ2n) is 10.4. The summed E-state index contributed by atoms with van der Waals surface area (Å²) in [6.45, 7) is 0. The molecular weight excluding hydrogens is 584 g/mol. The first-order valence-corrected chi connectivity index (χ1v) is 14.0. The number of hydrogen-bond acceptors (Lipinski definition) is 8. The van der Waals surface area contributed by atoms with Gasteiger partial charge >= 0.3 is 0 Å². The minimum absolute atomic E-state index is 0.00165. The first-order chi connectivity index (χ1) is 22.4. The molecule has 0 aromatic heterocycles. The molecule has 222 valence electrons. The van der Waals surface area contributed by atoms with Gasteiger partial charge in [0.05, 0.1) is 11.1 Å². The number of carbonyl (C=O) groups excluding carboxylic acids is 6. The monoisotopic (exact) mass is 606 g/mol. The van der Waals surface area contributed by atoms with Crippen molar-refractivity contribution in [1.82, 2.24) is 0 Å². The average Bonchev–Trinajstić information content (AvgIpc) is 3.11. The Hall–Kier alpha value is -6.54. The Morgan fingerprint density at radius 2 is 0.913 bits per heavy atom. The van der Waals surface area contributed by atoms with Crippen LogP contribution in [0, 0.1) is 0 Å². The third kappa shape index (κ3) is 4.31. The van der Waals surface area contributed by atoms with Crippen molar-refractivity contribution in [2.75, 3.05) is 0 Å². The molecule has 0 bridgehead atoms. The van der Waals surface area contributed by atoms with Gasteiger partial charge in [-0.1, -0.05) is 78.9 Å². The molecule has 0 radical (unpaired) electrons. The molecule has 6 aromatic rings. The third-order valence-corrected chi connectivity index (χ3v) is 8.22. The van der Waals surface area contributed by atoms with Gasteiger partial charge in [0, 0.05) is 49.7 Å². The molecule has 6 rings (SSSR count). The number of aldehydes is 6. The molecule has 8 heteroatoms. The van der Waals surface area contributed by atoms with Crippen LogP contribution in [0.25, 0.3) is 54.9 Å². The normalized spacial score (nSPS) is 10.9. The number of benzene rings is 6. The summed E-state index contributed by atoms with van der Waals surface area (Å²) >= 11 is 0. The molecule has 0 saturated heterocycles. The zero-order valence-corrected chi connectivity index (χ0v) is 23.9. The van der Waals surface area contributed by atoms with Crippen molar-refractivity contribution in [3.8, 4) is 44.9 Å². The van der Waals surface area contributed by atoms with Gasteiger partial charge in [-0.25, -0.2) is 0 Å². The van der Waals surface area contributed by atoms with Crippen LogP contribution in [0.1, 0.15) is 62.1 Å². The highest BCUT2D eigenvalue weighted by Gasteiger charge is 2.30. The molecule has 0 fully saturated rings. The Balaban J connectivity index is 1.99. The second kappa shape index (κ2) is 11.9. The van der Waals surface area contributed by atoms with E-state index in [1.165, 1.54) is 18.2 Å². The summed E-state index contributed by atoms with van der Waals surface area (Å²) < 4.78 is 0. The zero-order valence-electron chi connectivity index (χ0n) is 23.9. The van der Waals surface area contributed by atoms with Gasteiger partial charge in [0.2, 0.25) is 0 Å². The van der Waals surface area contributed by atoms with E-state index >= 15 is 0 Å². The number of aromatic hydroxyl groups is 2. The molecular formula is C38H22O8. The largest absolute Gasteiger partial charge is 0.507 e. The first kappa shape index (κ1) is 29.5. The van der Waals surface area contributed by atoms with Crippen molar-refractivity contribution in [2.45, 2.75) is 0 Å². The Bertz CT molecular complexity index is 2270. The van der Waals surface area contributed by atoms with Crippen LogP contribution in [0.5, 0.6) is 11.5 Å². The molecule has 0 amide bonds. The molecule has 0 unspecified atom stereocenters. The van der Waals surface area contributed by atoms with Gasteiger partial charge in [0.15, 0.2) is 37.7 Å². The van der Waals surface area contributed by atoms with Crippen LogP contribution in [0.3, 0.4) is 0 Å². The van der Waals surface area contributed by atoms with E-state index < -0.39 is 22.6 Å². The van der Waals surface area contributed by atoms with Gasteiger partial charge in [-0.05, 0) is 33.5 Å². The number of fused-ring (bicyclic) bond motifs is 2. The van der Waals surface area contributed by atoms with Crippen LogP contribution in [0.15, 0.2) is 84.9 Å². The van der Waals surface area contributed by atoms with Crippen molar-refractivity contribution >= 4 is 59.3 Å². The number of carbonyl (C=O) groups is 6. The quantitative estimate of drug-likeness (QED) is 0.164. The van der Waals surface area contributed by atoms with E-state index in [2.05, 4.69) is 0 Å². The highest BCUT2D eigenvalue weighted by Crippen LogP contribution is 2.50. The lowest BCUT2D eigenvalue weighted by Gasteiger charge is -2.23. The second-order valence-corrected chi connectivity index (χ2v) is 10.4. The molecule has 0 aliphatic heterocycles. The SMILES string of the molecule is O=Cc1c(C=O)c(O)c2c(C=O)cccc2c1-c1c(C=O)c(C=O)c(O)c2c(C=O)c(-c3ccccc3)c(-c3ccccc3)cc12. The number of phenols is 2. The fourth-order valence-corrected chi connectivity index (χ4v) is 6.28. The maximum absolute atomic E-state index is 13.1. The maximum Gasteiger partial charge on any atom is 0.154 e. The van der Waals surface area contributed by atoms with E-state index in [1.807, 2.05) is 18.2 Å². The van der Waals surface area contributed by atoms with E-state index in [1.54, 1.807) is 48.5 Å². The van der Waals surface area contributed by atoms with Crippen LogP contribution in [0.2, 0.25) is 0 Å². The van der Waals surface area contributed by atoms with Crippen molar-refractivity contribution in [1.29, 1.82) is 0 Å². The number of phenolic OH excluding ortho intramolecular Hbond substituents is 2. The predicted molar refractivity (Wildman–Crippen MR) is 173 cm³/mol. The number of rotatable bonds is 9. The Morgan fingerprint density at radius 3 is 1.43 bits per heavy atom. The van der Waals surface area contributed by atoms with Crippen LogP contribution in [-0.4, -0.2) is 47.9 Å². The van der Waals surface area contributed by atoms with Crippen LogP contribution in [-0.2, 0) is 0 Å². The van der Waals surface area contributed by atoms with E-state index in [0.717, 1.165) is 0 Å². The van der Waals surface area contributed by atoms with Crippen LogP contribution in [0.4, 0.5) is 0 Å². The van der Waals surface area contributed by atoms with Crippen LogP contribution >= 0.6 is 0 Å². The maximum atomic E-state index is 13.1. The minimum atomic E-state index is -0.630. The van der Waals surface area contributed by atoms with E-state index in [9.17, 15) is 39.0 Å².